The highest BCUT2D eigenvalue weighted by atomic mass is 16.7. The molecule has 1 aromatic rings. The van der Waals surface area contributed by atoms with Crippen molar-refractivity contribution in [3.8, 4) is 12.3 Å². The summed E-state index contributed by atoms with van der Waals surface area (Å²) in [6.07, 6.45) is 5.06. The van der Waals surface area contributed by atoms with E-state index in [9.17, 15) is 9.90 Å². The molecule has 1 amide bonds. The number of rotatable bonds is 8. The third kappa shape index (κ3) is 4.76. The Morgan fingerprint density at radius 1 is 1.52 bits per heavy atom. The molecule has 1 rings (SSSR count). The molecule has 0 aliphatic rings. The summed E-state index contributed by atoms with van der Waals surface area (Å²) in [6, 6.07) is 6.09. The van der Waals surface area contributed by atoms with E-state index in [0.29, 0.717) is 11.3 Å². The average molecular weight is 292 g/mol. The molecule has 6 heteroatoms. The summed E-state index contributed by atoms with van der Waals surface area (Å²) in [6.45, 7) is 0.178. The number of nitrogens with two attached hydrogens (primary N) is 1. The van der Waals surface area contributed by atoms with Crippen LogP contribution in [-0.4, -0.2) is 44.0 Å². The third-order valence-corrected chi connectivity index (χ3v) is 2.91. The zero-order valence-electron chi connectivity index (χ0n) is 12.2. The molecule has 6 nitrogen and oxygen atoms in total. The number of aliphatic hydroxyl groups excluding tert-OH is 1. The van der Waals surface area contributed by atoms with Crippen LogP contribution in [0, 0.1) is 12.3 Å². The van der Waals surface area contributed by atoms with Crippen molar-refractivity contribution in [1.29, 1.82) is 0 Å². The Bertz CT molecular complexity index is 513. The Morgan fingerprint density at radius 2 is 2.24 bits per heavy atom. The minimum atomic E-state index is -0.715. The predicted octanol–water partition coefficient (Wildman–Crippen LogP) is 0.552. The number of methoxy groups -OCH3 is 1. The van der Waals surface area contributed by atoms with Gasteiger partial charge in [0.15, 0.2) is 0 Å². The van der Waals surface area contributed by atoms with Crippen LogP contribution in [0.4, 0.5) is 5.69 Å². The quantitative estimate of drug-likeness (QED) is 0.540. The number of carbonyl (C=O) groups is 1. The van der Waals surface area contributed by atoms with Crippen molar-refractivity contribution >= 4 is 11.6 Å². The molecule has 0 aromatic heterocycles. The maximum absolute atomic E-state index is 11.2. The SMILES string of the molecule is C#CC(CC(O)COC)N(OC)c1cccc(C(N)=O)c1. The fourth-order valence-electron chi connectivity index (χ4n) is 1.96. The van der Waals surface area contributed by atoms with Crippen LogP contribution in [-0.2, 0) is 9.57 Å². The number of hydrogen-bond acceptors (Lipinski definition) is 5. The summed E-state index contributed by atoms with van der Waals surface area (Å²) in [4.78, 5) is 16.5. The van der Waals surface area contributed by atoms with Gasteiger partial charge in [0.25, 0.3) is 0 Å². The molecule has 21 heavy (non-hydrogen) atoms. The van der Waals surface area contributed by atoms with E-state index in [0.717, 1.165) is 0 Å². The minimum Gasteiger partial charge on any atom is -0.391 e. The van der Waals surface area contributed by atoms with Crippen molar-refractivity contribution in [3.05, 3.63) is 29.8 Å². The Hall–Kier alpha value is -2.07. The molecule has 114 valence electrons. The summed E-state index contributed by atoms with van der Waals surface area (Å²) in [7, 11) is 2.96. The first-order chi connectivity index (χ1) is 10.0. The van der Waals surface area contributed by atoms with E-state index >= 15 is 0 Å². The Morgan fingerprint density at radius 3 is 2.76 bits per heavy atom. The average Bonchev–Trinajstić information content (AvgIpc) is 2.47. The summed E-state index contributed by atoms with van der Waals surface area (Å²) in [5.41, 5.74) is 6.19. The van der Waals surface area contributed by atoms with Gasteiger partial charge in [-0.25, -0.2) is 5.06 Å². The van der Waals surface area contributed by atoms with Gasteiger partial charge in [0.2, 0.25) is 5.91 Å². The molecule has 0 saturated heterocycles. The number of ether oxygens (including phenoxy) is 1. The molecule has 2 unspecified atom stereocenters. The molecule has 0 aliphatic carbocycles. The van der Waals surface area contributed by atoms with Gasteiger partial charge in [0, 0.05) is 19.1 Å². The topological polar surface area (TPSA) is 85.0 Å². The molecular formula is C15H20N2O4. The van der Waals surface area contributed by atoms with Gasteiger partial charge < -0.3 is 15.6 Å². The first-order valence-electron chi connectivity index (χ1n) is 6.39. The van der Waals surface area contributed by atoms with Gasteiger partial charge in [-0.1, -0.05) is 12.0 Å². The lowest BCUT2D eigenvalue weighted by Gasteiger charge is -2.29. The predicted molar refractivity (Wildman–Crippen MR) is 79.6 cm³/mol. The van der Waals surface area contributed by atoms with Crippen LogP contribution in [0.15, 0.2) is 24.3 Å². The van der Waals surface area contributed by atoms with Crippen LogP contribution < -0.4 is 10.8 Å². The smallest absolute Gasteiger partial charge is 0.248 e. The number of carbonyl (C=O) groups excluding carboxylic acids is 1. The number of terminal acetylenes is 1. The Balaban J connectivity index is 2.96. The van der Waals surface area contributed by atoms with Gasteiger partial charge >= 0.3 is 0 Å². The van der Waals surface area contributed by atoms with Crippen molar-refractivity contribution < 1.29 is 19.5 Å². The molecule has 0 fully saturated rings. The van der Waals surface area contributed by atoms with E-state index in [1.807, 2.05) is 0 Å². The van der Waals surface area contributed by atoms with E-state index in [2.05, 4.69) is 5.92 Å². The van der Waals surface area contributed by atoms with Crippen LogP contribution in [0.2, 0.25) is 0 Å². The van der Waals surface area contributed by atoms with Gasteiger partial charge in [-0.15, -0.1) is 6.42 Å². The van der Waals surface area contributed by atoms with E-state index in [1.54, 1.807) is 24.3 Å². The van der Waals surface area contributed by atoms with Crippen LogP contribution >= 0.6 is 0 Å². The second-order valence-electron chi connectivity index (χ2n) is 4.45. The van der Waals surface area contributed by atoms with Crippen molar-refractivity contribution in [2.24, 2.45) is 5.73 Å². The van der Waals surface area contributed by atoms with Gasteiger partial charge in [-0.05, 0) is 18.2 Å². The highest BCUT2D eigenvalue weighted by Gasteiger charge is 2.21. The van der Waals surface area contributed by atoms with E-state index in [4.69, 9.17) is 21.7 Å². The normalized spacial score (nSPS) is 13.2. The zero-order chi connectivity index (χ0) is 15.8. The number of hydroxylamine groups is 1. The maximum Gasteiger partial charge on any atom is 0.248 e. The molecule has 0 radical (unpaired) electrons. The lowest BCUT2D eigenvalue weighted by Crippen LogP contribution is -2.37. The van der Waals surface area contributed by atoms with E-state index in [1.165, 1.54) is 19.3 Å². The Kier molecular flexibility index (Phi) is 6.69. The van der Waals surface area contributed by atoms with Gasteiger partial charge in [0.05, 0.1) is 25.5 Å². The first-order valence-corrected chi connectivity index (χ1v) is 6.39. The fourth-order valence-corrected chi connectivity index (χ4v) is 1.96. The van der Waals surface area contributed by atoms with Crippen molar-refractivity contribution in [2.75, 3.05) is 25.9 Å². The second kappa shape index (κ2) is 8.27. The number of benzene rings is 1. The van der Waals surface area contributed by atoms with Crippen LogP contribution in [0.3, 0.4) is 0 Å². The summed E-state index contributed by atoms with van der Waals surface area (Å²) in [5.74, 6) is 2.02. The van der Waals surface area contributed by atoms with Gasteiger partial charge in [-0.3, -0.25) is 9.63 Å². The zero-order valence-corrected chi connectivity index (χ0v) is 12.2. The van der Waals surface area contributed by atoms with Crippen molar-refractivity contribution in [3.63, 3.8) is 0 Å². The van der Waals surface area contributed by atoms with E-state index in [-0.39, 0.29) is 13.0 Å². The highest BCUT2D eigenvalue weighted by molar-refractivity contribution is 5.93. The second-order valence-corrected chi connectivity index (χ2v) is 4.45. The lowest BCUT2D eigenvalue weighted by atomic mass is 10.1. The summed E-state index contributed by atoms with van der Waals surface area (Å²) in [5, 5.41) is 11.3. The number of aliphatic hydroxyl groups is 1. The molecular weight excluding hydrogens is 272 g/mol. The molecule has 3 N–H and O–H groups in total. The van der Waals surface area contributed by atoms with Crippen molar-refractivity contribution in [2.45, 2.75) is 18.6 Å². The van der Waals surface area contributed by atoms with Gasteiger partial charge in [-0.2, -0.15) is 0 Å². The van der Waals surface area contributed by atoms with Crippen LogP contribution in [0.5, 0.6) is 0 Å². The van der Waals surface area contributed by atoms with Crippen LogP contribution in [0.25, 0.3) is 0 Å². The summed E-state index contributed by atoms with van der Waals surface area (Å²) >= 11 is 0. The number of nitrogens with zero attached hydrogens (tertiary/aromatic N) is 1. The molecule has 1 aromatic carbocycles. The Labute approximate surface area is 124 Å². The molecule has 0 heterocycles. The number of hydrogen-bond donors (Lipinski definition) is 2. The molecule has 0 spiro atoms. The van der Waals surface area contributed by atoms with Crippen LogP contribution in [0.1, 0.15) is 16.8 Å². The largest absolute Gasteiger partial charge is 0.391 e. The van der Waals surface area contributed by atoms with Crippen molar-refractivity contribution in [1.82, 2.24) is 0 Å². The number of amides is 1. The molecule has 0 bridgehead atoms. The lowest BCUT2D eigenvalue weighted by molar-refractivity contribution is 0.0475. The summed E-state index contributed by atoms with van der Waals surface area (Å²) < 4.78 is 4.88. The van der Waals surface area contributed by atoms with E-state index < -0.39 is 18.1 Å². The molecule has 2 atom stereocenters. The first kappa shape index (κ1) is 17.0. The number of primary amides is 1. The fraction of sp³-hybridized carbons (Fsp3) is 0.400. The highest BCUT2D eigenvalue weighted by Crippen LogP contribution is 2.21. The monoisotopic (exact) mass is 292 g/mol. The molecule has 0 aliphatic heterocycles. The van der Waals surface area contributed by atoms with Gasteiger partial charge in [0.1, 0.15) is 6.04 Å². The minimum absolute atomic E-state index is 0.178. The third-order valence-electron chi connectivity index (χ3n) is 2.91. The number of anilines is 1. The molecule has 0 saturated carbocycles. The standard InChI is InChI=1S/C15H20N2O4/c1-4-12(9-14(18)10-20-2)17(21-3)13-7-5-6-11(8-13)15(16)19/h1,5-8,12,14,18H,9-10H2,2-3H3,(H2,16,19). The maximum atomic E-state index is 11.2.